The number of aromatic nitrogens is 5. The standard InChI is InChI=1S/C23H18N6/c1-16-13-23(27-21-14-20(24-15-25-21)17-7-3-2-4-8-17)29(28-16)22-12-11-18-9-5-6-10-19(18)26-22/h2-15H,1H3,(H,24,25,27). The van der Waals surface area contributed by atoms with Gasteiger partial charge in [0.05, 0.1) is 16.9 Å². The monoisotopic (exact) mass is 378 g/mol. The van der Waals surface area contributed by atoms with Gasteiger partial charge in [-0.05, 0) is 25.1 Å². The number of para-hydroxylation sites is 1. The summed E-state index contributed by atoms with van der Waals surface area (Å²) in [6.07, 6.45) is 1.56. The highest BCUT2D eigenvalue weighted by molar-refractivity contribution is 5.79. The molecule has 29 heavy (non-hydrogen) atoms. The molecule has 0 saturated heterocycles. The zero-order valence-electron chi connectivity index (χ0n) is 15.8. The molecule has 5 aromatic rings. The van der Waals surface area contributed by atoms with Crippen LogP contribution in [0.15, 0.2) is 85.2 Å². The summed E-state index contributed by atoms with van der Waals surface area (Å²) in [4.78, 5) is 13.5. The maximum atomic E-state index is 4.75. The lowest BCUT2D eigenvalue weighted by Gasteiger charge is -2.10. The zero-order valence-corrected chi connectivity index (χ0v) is 15.8. The molecule has 0 aliphatic carbocycles. The van der Waals surface area contributed by atoms with Crippen molar-refractivity contribution in [2.24, 2.45) is 0 Å². The van der Waals surface area contributed by atoms with Crippen LogP contribution in [0.25, 0.3) is 28.0 Å². The molecule has 0 amide bonds. The quantitative estimate of drug-likeness (QED) is 0.480. The molecule has 0 radical (unpaired) electrons. The van der Waals surface area contributed by atoms with Crippen molar-refractivity contribution >= 4 is 22.5 Å². The first-order valence-electron chi connectivity index (χ1n) is 9.34. The maximum Gasteiger partial charge on any atom is 0.156 e. The van der Waals surface area contributed by atoms with Gasteiger partial charge in [-0.25, -0.2) is 15.0 Å². The van der Waals surface area contributed by atoms with Crippen LogP contribution in [0.3, 0.4) is 0 Å². The Bertz CT molecular complexity index is 1290. The minimum absolute atomic E-state index is 0.695. The Kier molecular flexibility index (Phi) is 4.22. The first kappa shape index (κ1) is 17.1. The minimum Gasteiger partial charge on any atom is -0.325 e. The second-order valence-electron chi connectivity index (χ2n) is 6.72. The summed E-state index contributed by atoms with van der Waals surface area (Å²) in [5.41, 5.74) is 3.71. The van der Waals surface area contributed by atoms with Crippen molar-refractivity contribution in [1.82, 2.24) is 24.7 Å². The molecular formula is C23H18N6. The molecule has 0 unspecified atom stereocenters. The van der Waals surface area contributed by atoms with Gasteiger partial charge in [-0.1, -0.05) is 48.5 Å². The second-order valence-corrected chi connectivity index (χ2v) is 6.72. The molecule has 3 aromatic heterocycles. The molecule has 6 heteroatoms. The van der Waals surface area contributed by atoms with Gasteiger partial charge >= 0.3 is 0 Å². The maximum absolute atomic E-state index is 4.75. The van der Waals surface area contributed by atoms with Crippen LogP contribution in [0.4, 0.5) is 11.6 Å². The molecule has 0 saturated carbocycles. The summed E-state index contributed by atoms with van der Waals surface area (Å²) in [7, 11) is 0. The first-order chi connectivity index (χ1) is 14.3. The van der Waals surface area contributed by atoms with Crippen LogP contribution in [0.2, 0.25) is 0 Å². The zero-order chi connectivity index (χ0) is 19.6. The molecule has 3 heterocycles. The van der Waals surface area contributed by atoms with E-state index >= 15 is 0 Å². The van der Waals surface area contributed by atoms with E-state index in [4.69, 9.17) is 4.98 Å². The number of hydrogen-bond donors (Lipinski definition) is 1. The van der Waals surface area contributed by atoms with Gasteiger partial charge in [0.2, 0.25) is 0 Å². The van der Waals surface area contributed by atoms with Gasteiger partial charge in [-0.2, -0.15) is 9.78 Å². The van der Waals surface area contributed by atoms with Crippen LogP contribution in [0.1, 0.15) is 5.69 Å². The van der Waals surface area contributed by atoms with E-state index < -0.39 is 0 Å². The highest BCUT2D eigenvalue weighted by atomic mass is 15.4. The number of fused-ring (bicyclic) bond motifs is 1. The third-order valence-electron chi connectivity index (χ3n) is 4.63. The fraction of sp³-hybridized carbons (Fsp3) is 0.0435. The van der Waals surface area contributed by atoms with E-state index in [0.29, 0.717) is 5.82 Å². The summed E-state index contributed by atoms with van der Waals surface area (Å²) in [6, 6.07) is 26.0. The van der Waals surface area contributed by atoms with Crippen LogP contribution in [0, 0.1) is 6.92 Å². The second kappa shape index (κ2) is 7.16. The van der Waals surface area contributed by atoms with Crippen LogP contribution in [0.5, 0.6) is 0 Å². The number of nitrogens with one attached hydrogen (secondary N) is 1. The van der Waals surface area contributed by atoms with E-state index in [9.17, 15) is 0 Å². The summed E-state index contributed by atoms with van der Waals surface area (Å²) in [5.74, 6) is 2.24. The van der Waals surface area contributed by atoms with E-state index in [2.05, 4.69) is 26.4 Å². The molecule has 0 fully saturated rings. The molecule has 0 aliphatic rings. The number of hydrogen-bond acceptors (Lipinski definition) is 5. The largest absolute Gasteiger partial charge is 0.325 e. The summed E-state index contributed by atoms with van der Waals surface area (Å²) in [5, 5.41) is 9.07. The van der Waals surface area contributed by atoms with Crippen LogP contribution >= 0.6 is 0 Å². The summed E-state index contributed by atoms with van der Waals surface area (Å²) >= 11 is 0. The van der Waals surface area contributed by atoms with E-state index in [1.165, 1.54) is 0 Å². The fourth-order valence-electron chi connectivity index (χ4n) is 3.26. The smallest absolute Gasteiger partial charge is 0.156 e. The molecule has 0 spiro atoms. The molecule has 0 bridgehead atoms. The molecule has 5 rings (SSSR count). The van der Waals surface area contributed by atoms with Crippen molar-refractivity contribution in [2.75, 3.05) is 5.32 Å². The van der Waals surface area contributed by atoms with E-state index in [1.807, 2.05) is 79.7 Å². The number of anilines is 2. The SMILES string of the molecule is Cc1cc(Nc2cc(-c3ccccc3)ncn2)n(-c2ccc3ccccc3n2)n1. The molecule has 0 atom stereocenters. The van der Waals surface area contributed by atoms with Gasteiger partial charge in [0.15, 0.2) is 5.82 Å². The number of nitrogens with zero attached hydrogens (tertiary/aromatic N) is 5. The predicted molar refractivity (Wildman–Crippen MR) is 114 cm³/mol. The van der Waals surface area contributed by atoms with E-state index in [-0.39, 0.29) is 0 Å². The van der Waals surface area contributed by atoms with Crippen LogP contribution in [-0.2, 0) is 0 Å². The van der Waals surface area contributed by atoms with Crippen molar-refractivity contribution in [3.05, 3.63) is 90.9 Å². The van der Waals surface area contributed by atoms with Crippen molar-refractivity contribution in [2.45, 2.75) is 6.92 Å². The minimum atomic E-state index is 0.695. The number of pyridine rings is 1. The van der Waals surface area contributed by atoms with E-state index in [1.54, 1.807) is 11.0 Å². The lowest BCUT2D eigenvalue weighted by atomic mass is 10.1. The summed E-state index contributed by atoms with van der Waals surface area (Å²) < 4.78 is 1.80. The normalized spacial score (nSPS) is 10.9. The van der Waals surface area contributed by atoms with E-state index in [0.717, 1.165) is 39.5 Å². The van der Waals surface area contributed by atoms with Gasteiger partial charge in [-0.3, -0.25) is 0 Å². The Morgan fingerprint density at radius 1 is 0.828 bits per heavy atom. The number of benzene rings is 2. The van der Waals surface area contributed by atoms with Gasteiger partial charge in [0.1, 0.15) is 18.0 Å². The van der Waals surface area contributed by atoms with Gasteiger partial charge in [0.25, 0.3) is 0 Å². The van der Waals surface area contributed by atoms with Crippen molar-refractivity contribution in [1.29, 1.82) is 0 Å². The van der Waals surface area contributed by atoms with Crippen molar-refractivity contribution in [3.63, 3.8) is 0 Å². The third kappa shape index (κ3) is 3.43. The molecule has 2 aromatic carbocycles. The highest BCUT2D eigenvalue weighted by Crippen LogP contribution is 2.24. The number of rotatable bonds is 4. The summed E-state index contributed by atoms with van der Waals surface area (Å²) in [6.45, 7) is 1.96. The average molecular weight is 378 g/mol. The highest BCUT2D eigenvalue weighted by Gasteiger charge is 2.11. The predicted octanol–water partition coefficient (Wildman–Crippen LogP) is 4.93. The lowest BCUT2D eigenvalue weighted by Crippen LogP contribution is -2.05. The Morgan fingerprint density at radius 3 is 2.55 bits per heavy atom. The molecule has 0 aliphatic heterocycles. The molecule has 6 nitrogen and oxygen atoms in total. The van der Waals surface area contributed by atoms with Crippen LogP contribution < -0.4 is 5.32 Å². The molecule has 140 valence electrons. The Labute approximate surface area is 167 Å². The molecular weight excluding hydrogens is 360 g/mol. The van der Waals surface area contributed by atoms with Gasteiger partial charge in [-0.15, -0.1) is 0 Å². The van der Waals surface area contributed by atoms with Crippen LogP contribution in [-0.4, -0.2) is 24.7 Å². The average Bonchev–Trinajstić information content (AvgIpc) is 3.14. The van der Waals surface area contributed by atoms with Gasteiger partial charge in [0, 0.05) is 23.1 Å². The van der Waals surface area contributed by atoms with Crippen molar-refractivity contribution < 1.29 is 0 Å². The molecule has 1 N–H and O–H groups in total. The Balaban J connectivity index is 1.51. The first-order valence-corrected chi connectivity index (χ1v) is 9.34. The van der Waals surface area contributed by atoms with Gasteiger partial charge < -0.3 is 5.32 Å². The van der Waals surface area contributed by atoms with Crippen molar-refractivity contribution in [3.8, 4) is 17.1 Å². The topological polar surface area (TPSA) is 68.5 Å². The Hall–Kier alpha value is -4.06. The third-order valence-corrected chi connectivity index (χ3v) is 4.63. The Morgan fingerprint density at radius 2 is 1.66 bits per heavy atom. The number of aryl methyl sites for hydroxylation is 1. The lowest BCUT2D eigenvalue weighted by molar-refractivity contribution is 0.843. The fourth-order valence-corrected chi connectivity index (χ4v) is 3.26.